The van der Waals surface area contributed by atoms with E-state index in [1.807, 2.05) is 6.92 Å². The monoisotopic (exact) mass is 263 g/mol. The number of aryl methyl sites for hydroxylation is 1. The van der Waals surface area contributed by atoms with Crippen LogP contribution in [-0.2, 0) is 10.0 Å². The lowest BCUT2D eigenvalue weighted by Gasteiger charge is -2.08. The fraction of sp³-hybridized carbons (Fsp3) is 0.250. The molecule has 0 aromatic heterocycles. The number of rotatable bonds is 2. The molecule has 0 radical (unpaired) electrons. The molecule has 0 aliphatic rings. The normalized spacial score (nSPS) is 12.0. The van der Waals surface area contributed by atoms with E-state index in [4.69, 9.17) is 0 Å². The molecule has 3 nitrogen and oxygen atoms in total. The SMILES string of the molecule is Cc1ccc(S(=O)(=O)N(C)Br)cc1. The molecule has 0 amide bonds. The topological polar surface area (TPSA) is 37.4 Å². The summed E-state index contributed by atoms with van der Waals surface area (Å²) < 4.78 is 24.1. The van der Waals surface area contributed by atoms with E-state index in [1.165, 1.54) is 7.05 Å². The molecule has 13 heavy (non-hydrogen) atoms. The molecule has 1 aromatic carbocycles. The van der Waals surface area contributed by atoms with Crippen LogP contribution in [0.5, 0.6) is 0 Å². The third kappa shape index (κ3) is 2.30. The zero-order chi connectivity index (χ0) is 10.1. The number of halogens is 1. The van der Waals surface area contributed by atoms with Crippen molar-refractivity contribution < 1.29 is 8.42 Å². The molecule has 0 saturated heterocycles. The average Bonchev–Trinajstić information content (AvgIpc) is 2.04. The first-order valence-corrected chi connectivity index (χ1v) is 5.81. The van der Waals surface area contributed by atoms with Crippen LogP contribution in [0.3, 0.4) is 0 Å². The highest BCUT2D eigenvalue weighted by Gasteiger charge is 2.17. The highest BCUT2D eigenvalue weighted by Crippen LogP contribution is 2.16. The predicted molar refractivity (Wildman–Crippen MR) is 55.1 cm³/mol. The molecule has 0 aliphatic heterocycles. The van der Waals surface area contributed by atoms with E-state index in [0.29, 0.717) is 0 Å². The summed E-state index contributed by atoms with van der Waals surface area (Å²) >= 11 is 2.90. The quantitative estimate of drug-likeness (QED) is 0.765. The van der Waals surface area contributed by atoms with Crippen LogP contribution in [-0.4, -0.2) is 18.8 Å². The summed E-state index contributed by atoms with van der Waals surface area (Å²) in [5, 5.41) is 0. The van der Waals surface area contributed by atoms with Gasteiger partial charge in [-0.05, 0) is 19.1 Å². The van der Waals surface area contributed by atoms with Gasteiger partial charge in [0.2, 0.25) is 0 Å². The predicted octanol–water partition coefficient (Wildman–Crippen LogP) is 1.93. The van der Waals surface area contributed by atoms with E-state index in [2.05, 4.69) is 16.1 Å². The van der Waals surface area contributed by atoms with Crippen molar-refractivity contribution in [2.45, 2.75) is 11.8 Å². The van der Waals surface area contributed by atoms with Gasteiger partial charge in [0, 0.05) is 23.2 Å². The summed E-state index contributed by atoms with van der Waals surface area (Å²) in [6, 6.07) is 6.71. The third-order valence-corrected chi connectivity index (χ3v) is 4.32. The molecule has 0 fully saturated rings. The van der Waals surface area contributed by atoms with Crippen molar-refractivity contribution in [1.29, 1.82) is 0 Å². The van der Waals surface area contributed by atoms with Gasteiger partial charge in [-0.2, -0.15) is 0 Å². The van der Waals surface area contributed by atoms with Crippen molar-refractivity contribution in [2.75, 3.05) is 7.05 Å². The van der Waals surface area contributed by atoms with Gasteiger partial charge < -0.3 is 0 Å². The highest BCUT2D eigenvalue weighted by atomic mass is 79.9. The molecule has 1 aromatic rings. The number of hydrogen-bond donors (Lipinski definition) is 0. The Balaban J connectivity index is 3.17. The number of hydrogen-bond acceptors (Lipinski definition) is 2. The molecule has 0 aliphatic carbocycles. The van der Waals surface area contributed by atoms with Crippen LogP contribution < -0.4 is 0 Å². The van der Waals surface area contributed by atoms with Crippen molar-refractivity contribution in [3.8, 4) is 0 Å². The van der Waals surface area contributed by atoms with Gasteiger partial charge in [0.15, 0.2) is 0 Å². The third-order valence-electron chi connectivity index (χ3n) is 1.65. The van der Waals surface area contributed by atoms with Gasteiger partial charge in [-0.1, -0.05) is 17.7 Å². The van der Waals surface area contributed by atoms with Crippen LogP contribution in [0.1, 0.15) is 5.56 Å². The van der Waals surface area contributed by atoms with Crippen LogP contribution >= 0.6 is 16.1 Å². The smallest absolute Gasteiger partial charge is 0.206 e. The van der Waals surface area contributed by atoms with E-state index < -0.39 is 10.0 Å². The van der Waals surface area contributed by atoms with E-state index >= 15 is 0 Å². The lowest BCUT2D eigenvalue weighted by Crippen LogP contribution is -2.16. The van der Waals surface area contributed by atoms with Crippen LogP contribution in [0, 0.1) is 6.92 Å². The summed E-state index contributed by atoms with van der Waals surface area (Å²) in [6.45, 7) is 1.91. The lowest BCUT2D eigenvalue weighted by atomic mass is 10.2. The highest BCUT2D eigenvalue weighted by molar-refractivity contribution is 9.08. The first-order valence-electron chi connectivity index (χ1n) is 3.66. The summed E-state index contributed by atoms with van der Waals surface area (Å²) in [7, 11) is -1.90. The second-order valence-electron chi connectivity index (χ2n) is 2.71. The molecule has 0 atom stereocenters. The maximum atomic E-state index is 11.5. The van der Waals surface area contributed by atoms with Gasteiger partial charge in [-0.15, -0.1) is 3.33 Å². The minimum Gasteiger partial charge on any atom is -0.206 e. The van der Waals surface area contributed by atoms with Crippen molar-refractivity contribution >= 4 is 26.2 Å². The Kier molecular flexibility index (Phi) is 3.10. The molecule has 5 heteroatoms. The number of nitrogens with zero attached hydrogens (tertiary/aromatic N) is 1. The van der Waals surface area contributed by atoms with Crippen molar-refractivity contribution in [1.82, 2.24) is 3.33 Å². The van der Waals surface area contributed by atoms with Gasteiger partial charge in [0.1, 0.15) is 0 Å². The summed E-state index contributed by atoms with van der Waals surface area (Å²) in [4.78, 5) is 0.289. The minimum absolute atomic E-state index is 0.289. The fourth-order valence-electron chi connectivity index (χ4n) is 0.855. The van der Waals surface area contributed by atoms with Crippen molar-refractivity contribution in [3.05, 3.63) is 29.8 Å². The van der Waals surface area contributed by atoms with E-state index in [-0.39, 0.29) is 4.90 Å². The van der Waals surface area contributed by atoms with E-state index in [0.717, 1.165) is 8.89 Å². The minimum atomic E-state index is -3.34. The Morgan fingerprint density at radius 1 is 1.23 bits per heavy atom. The van der Waals surface area contributed by atoms with Crippen LogP contribution in [0.25, 0.3) is 0 Å². The molecule has 72 valence electrons. The molecule has 0 saturated carbocycles. The molecule has 0 bridgehead atoms. The lowest BCUT2D eigenvalue weighted by molar-refractivity contribution is 0.567. The number of sulfonamides is 1. The van der Waals surface area contributed by atoms with E-state index in [1.54, 1.807) is 24.3 Å². The average molecular weight is 264 g/mol. The fourth-order valence-corrected chi connectivity index (χ4v) is 2.13. The second-order valence-corrected chi connectivity index (χ2v) is 6.21. The van der Waals surface area contributed by atoms with Gasteiger partial charge in [0.25, 0.3) is 10.0 Å². The molecule has 0 heterocycles. The van der Waals surface area contributed by atoms with Gasteiger partial charge in [-0.3, -0.25) is 0 Å². The second kappa shape index (κ2) is 3.77. The molecule has 1 rings (SSSR count). The zero-order valence-corrected chi connectivity index (χ0v) is 9.76. The molecule has 0 spiro atoms. The summed E-state index contributed by atoms with van der Waals surface area (Å²) in [5.74, 6) is 0. The maximum Gasteiger partial charge on any atom is 0.252 e. The molecular weight excluding hydrogens is 254 g/mol. The van der Waals surface area contributed by atoms with Crippen LogP contribution in [0.15, 0.2) is 29.2 Å². The van der Waals surface area contributed by atoms with Gasteiger partial charge in [-0.25, -0.2) is 8.42 Å². The van der Waals surface area contributed by atoms with E-state index in [9.17, 15) is 8.42 Å². The van der Waals surface area contributed by atoms with Crippen molar-refractivity contribution in [2.24, 2.45) is 0 Å². The maximum absolute atomic E-state index is 11.5. The Morgan fingerprint density at radius 3 is 2.08 bits per heavy atom. The molecular formula is C8H10BrNO2S. The van der Waals surface area contributed by atoms with Crippen LogP contribution in [0.2, 0.25) is 0 Å². The first-order chi connectivity index (χ1) is 5.94. The first kappa shape index (κ1) is 10.7. The molecule has 0 N–H and O–H groups in total. The Labute approximate surface area is 86.8 Å². The largest absolute Gasteiger partial charge is 0.252 e. The Hall–Kier alpha value is -0.390. The summed E-state index contributed by atoms with van der Waals surface area (Å²) in [5.41, 5.74) is 1.04. The number of benzene rings is 1. The Morgan fingerprint density at radius 2 is 1.69 bits per heavy atom. The van der Waals surface area contributed by atoms with Crippen molar-refractivity contribution in [3.63, 3.8) is 0 Å². The van der Waals surface area contributed by atoms with Gasteiger partial charge >= 0.3 is 0 Å². The zero-order valence-electron chi connectivity index (χ0n) is 7.36. The van der Waals surface area contributed by atoms with Crippen LogP contribution in [0.4, 0.5) is 0 Å². The summed E-state index contributed by atoms with van der Waals surface area (Å²) in [6.07, 6.45) is 0. The standard InChI is InChI=1S/C8H10BrNO2S/c1-7-3-5-8(6-4-7)13(11,12)10(2)9/h3-6H,1-2H3. The van der Waals surface area contributed by atoms with Gasteiger partial charge in [0.05, 0.1) is 4.90 Å². The Bertz CT molecular complexity index is 383. The molecule has 0 unspecified atom stereocenters.